The van der Waals surface area contributed by atoms with Crippen molar-refractivity contribution in [3.63, 3.8) is 0 Å². The Morgan fingerprint density at radius 1 is 0.599 bits per heavy atom. The lowest BCUT2D eigenvalue weighted by Gasteiger charge is -2.42. The van der Waals surface area contributed by atoms with E-state index in [0.717, 1.165) is 0 Å². The number of nitrogens with zero attached hydrogens (tertiary/aromatic N) is 3. The number of aliphatic hydroxyl groups excluding tert-OH is 2. The Labute approximate surface area is 848 Å². The number of aromatic hydroxyl groups is 4. The number of benzene rings is 5. The Bertz CT molecular complexity index is 5740. The summed E-state index contributed by atoms with van der Waals surface area (Å²) in [6, 6.07) is 6.70. The summed E-state index contributed by atoms with van der Waals surface area (Å²) in [5, 5.41) is 131. The van der Waals surface area contributed by atoms with Crippen molar-refractivity contribution < 1.29 is 122 Å². The highest BCUT2D eigenvalue weighted by Crippen LogP contribution is 2.53. The number of amides is 12. The number of phenolic OH excluding ortho intramolecular Hbond substituents is 4. The molecule has 18 atom stereocenters. The van der Waals surface area contributed by atoms with Crippen molar-refractivity contribution in [3.05, 3.63) is 165 Å². The molecule has 0 spiro atoms. The molecule has 0 bridgehead atoms. The summed E-state index contributed by atoms with van der Waals surface area (Å²) in [7, 11) is 1.28. The number of H-pyrrole nitrogens is 1. The van der Waals surface area contributed by atoms with Gasteiger partial charge in [0.25, 0.3) is 5.91 Å². The number of aromatic amines is 1. The number of nitrogens with two attached hydrogens (primary N) is 4. The van der Waals surface area contributed by atoms with Gasteiger partial charge in [0.15, 0.2) is 30.6 Å². The second kappa shape index (κ2) is 52.2. The van der Waals surface area contributed by atoms with Gasteiger partial charge in [-0.05, 0) is 137 Å². The highest BCUT2D eigenvalue weighted by molar-refractivity contribution is 6.31. The summed E-state index contributed by atoms with van der Waals surface area (Å²) < 4.78 is 17.8. The molecule has 10 rings (SSSR count). The van der Waals surface area contributed by atoms with E-state index in [2.05, 4.69) is 78.9 Å². The van der Waals surface area contributed by atoms with E-state index in [1.54, 1.807) is 71.9 Å². The van der Waals surface area contributed by atoms with Crippen molar-refractivity contribution >= 4 is 100 Å². The molecule has 47 heteroatoms. The Morgan fingerprint density at radius 3 is 1.61 bits per heavy atom. The number of phenols is 4. The van der Waals surface area contributed by atoms with Crippen molar-refractivity contribution in [1.82, 2.24) is 78.7 Å². The molecule has 0 saturated carbocycles. The molecule has 1 aromatic heterocycles. The molecule has 2 fully saturated rings. The molecule has 2 saturated heterocycles. The summed E-state index contributed by atoms with van der Waals surface area (Å²) in [4.78, 5) is 219. The summed E-state index contributed by atoms with van der Waals surface area (Å²) in [5.41, 5.74) is 20.4. The minimum Gasteiger partial charge on any atom is -0.508 e. The number of fused-ring (bicyclic) bond motifs is 3. The van der Waals surface area contributed by atoms with Crippen LogP contribution in [0.4, 0.5) is 0 Å². The fraction of sp³-hybridized carbons (Fsp3) is 0.500. The zero-order chi connectivity index (χ0) is 108. The minimum atomic E-state index is -2.22. The maximum Gasteiger partial charge on any atom is 0.261 e. The van der Waals surface area contributed by atoms with E-state index in [-0.39, 0.29) is 154 Å². The molecule has 147 heavy (non-hydrogen) atoms. The third kappa shape index (κ3) is 30.8. The van der Waals surface area contributed by atoms with Gasteiger partial charge >= 0.3 is 0 Å². The number of aliphatic hydroxyl groups is 3. The zero-order valence-corrected chi connectivity index (χ0v) is 83.5. The number of likely N-dealkylation sites (tertiary alicyclic amines) is 1. The smallest absolute Gasteiger partial charge is 0.261 e. The number of nitrogens with one attached hydrogen (secondary N) is 15. The summed E-state index contributed by atoms with van der Waals surface area (Å²) in [6.45, 7) is 13.3. The number of oxime groups is 1. The SMILES string of the molecule is COc1cccc2c1C(=O)c1c(O)c3c(c(O)c1C2=O)C[C@@](O)(/C(C)=N/OCC(=O)N[C@@H](CC(C)C)C(=O)N[C@@H](CCCNC(=N)N)C(=O)N[C@@H](CCCNC(=N)N)C(=O)N[C@@H](Cc1ccc(O)cc1)C(=O)N[C@H](C(=O)N[C@@H](Cc1cnc[nH]1)C(=O)N[C@@H](CC(C)C)C(=O)N[C@@H](Cc1ccccc1)C(=O)N[C@@H](Cc1ccc(O)cc1)C(=O)N1CCC[C@H]1C(=O)N[C@H](C(N)=O)[C@@H](C)O)C(C)C)C[C@@H]3O[C@H]1C[C@H](N)[C@H](O)[C@H](C)O1. The lowest BCUT2D eigenvalue weighted by Crippen LogP contribution is -2.62. The first-order valence-electron chi connectivity index (χ1n) is 48.7. The van der Waals surface area contributed by atoms with Crippen molar-refractivity contribution in [1.29, 1.82) is 10.8 Å². The van der Waals surface area contributed by atoms with Crippen LogP contribution in [0, 0.1) is 28.6 Å². The first-order valence-corrected chi connectivity index (χ1v) is 48.7. The molecule has 6 aromatic rings. The fourth-order valence-electron chi connectivity index (χ4n) is 18.1. The quantitative estimate of drug-likeness (QED) is 0.00709. The van der Waals surface area contributed by atoms with Gasteiger partial charge in [-0.25, -0.2) is 4.98 Å². The number of ketones is 2. The van der Waals surface area contributed by atoms with Crippen molar-refractivity contribution in [3.8, 4) is 28.7 Å². The molecule has 796 valence electrons. The number of carbonyl (C=O) groups excluding carboxylic acids is 14. The number of guanidine groups is 2. The van der Waals surface area contributed by atoms with Crippen LogP contribution < -0.4 is 91.5 Å². The van der Waals surface area contributed by atoms with E-state index in [1.165, 1.54) is 112 Å². The minimum absolute atomic E-state index is 0.000569. The highest BCUT2D eigenvalue weighted by atomic mass is 16.7. The number of hydrogen-bond acceptors (Lipinski definition) is 30. The lowest BCUT2D eigenvalue weighted by atomic mass is 9.72. The number of ether oxygens (including phenoxy) is 3. The predicted molar refractivity (Wildman–Crippen MR) is 532 cm³/mol. The van der Waals surface area contributed by atoms with Crippen LogP contribution in [-0.4, -0.2) is 287 Å². The summed E-state index contributed by atoms with van der Waals surface area (Å²) in [6.07, 6.45) is -5.83. The van der Waals surface area contributed by atoms with Gasteiger partial charge in [-0.3, -0.25) is 77.9 Å². The predicted octanol–water partition coefficient (Wildman–Crippen LogP) is -1.08. The number of primary amides is 1. The van der Waals surface area contributed by atoms with E-state index in [0.29, 0.717) is 28.8 Å². The van der Waals surface area contributed by atoms with Crippen LogP contribution in [0.5, 0.6) is 28.7 Å². The number of hydrogen-bond donors (Lipinski definition) is 26. The van der Waals surface area contributed by atoms with Gasteiger partial charge in [0.2, 0.25) is 70.8 Å². The van der Waals surface area contributed by atoms with Crippen molar-refractivity contribution in [2.24, 2.45) is 45.8 Å². The monoisotopic (exact) mass is 2050 g/mol. The second-order valence-corrected chi connectivity index (χ2v) is 38.6. The molecule has 2 aliphatic carbocycles. The normalized spacial score (nSPS) is 19.7. The zero-order valence-electron chi connectivity index (χ0n) is 83.5. The van der Waals surface area contributed by atoms with E-state index in [9.17, 15) is 69.3 Å². The first-order chi connectivity index (χ1) is 69.6. The molecule has 3 heterocycles. The van der Waals surface area contributed by atoms with Gasteiger partial charge in [-0.15, -0.1) is 0 Å². The average Bonchev–Trinajstić information content (AvgIpc) is 1.01. The molecular weight excluding hydrogens is 1910 g/mol. The maximum absolute atomic E-state index is 15.3. The molecule has 47 nitrogen and oxygen atoms in total. The molecule has 5 aromatic carbocycles. The standard InChI is InChI=1S/C100H136N22O25/c1-48(2)36-65(111-74(126)46-145-121-53(9)100(143)43-61-77(73(44-100)147-75-42-62(101)82(127)52(8)146-75)86(131)79-78(84(61)129)83(128)60-20-14-24-72(144-10)76(60)85(79)130)90(135)113-63(21-15-33-108-98(103)104)88(133)112-64(22-16-34-109-99(105)106)89(134)115-68(39-55-25-29-58(124)30-26-55)94(139)119-80(50(5)6)96(141)117-69(41-57-45-107-47-110-57)93(138)114-66(37-49(3)4)91(136)116-67(38-54-18-12-11-13-19-54)92(137)118-70(40-56-27-31-59(125)32-28-56)97(142)122-35-17-23-71(122)95(140)120-81(51(7)123)87(102)132/h11-14,18-20,24-32,45,47-52,62-71,73,75,80-82,123-125,127,129,131,143H,15-17,21-23,33-44,46,101H2,1-10H3,(H2,102,132)(H,107,110)(H,111,126)(H,112,133)(H,113,135)(H,114,138)(H,115,134)(H,116,136)(H,117,141)(H,118,137)(H,119,139)(H,120,140)(H4,103,104,108)(H4,105,106,109)/b121-53+/t51-,52+,62+,63+,64+,65+,66+,67+,68+,69+,70+,71+,73+,75+,80+,81+,82-,100+/m1/s1. The number of rotatable bonds is 50. The molecular formula is C100H136N22O25. The van der Waals surface area contributed by atoms with Crippen LogP contribution in [0.15, 0.2) is 115 Å². The maximum atomic E-state index is 15.3. The topological polar surface area (TPSA) is 758 Å². The Hall–Kier alpha value is -14.9. The van der Waals surface area contributed by atoms with Gasteiger partial charge in [-0.2, -0.15) is 0 Å². The molecule has 4 aliphatic rings. The van der Waals surface area contributed by atoms with E-state index in [4.69, 9.17) is 52.8 Å². The number of aromatic nitrogens is 2. The molecule has 2 aliphatic heterocycles. The van der Waals surface area contributed by atoms with Gasteiger partial charge in [0.05, 0.1) is 60.3 Å². The van der Waals surface area contributed by atoms with Gasteiger partial charge in [-0.1, -0.05) is 113 Å². The molecule has 0 unspecified atom stereocenters. The van der Waals surface area contributed by atoms with E-state index < -0.39 is 251 Å². The van der Waals surface area contributed by atoms with Crippen LogP contribution in [0.1, 0.15) is 198 Å². The third-order valence-electron chi connectivity index (χ3n) is 25.8. The van der Waals surface area contributed by atoms with Crippen LogP contribution in [0.25, 0.3) is 0 Å². The number of methoxy groups -OCH3 is 1. The van der Waals surface area contributed by atoms with E-state index >= 15 is 33.6 Å². The van der Waals surface area contributed by atoms with Crippen LogP contribution in [0.2, 0.25) is 0 Å². The van der Waals surface area contributed by atoms with Gasteiger partial charge in [0.1, 0.15) is 101 Å². The second-order valence-electron chi connectivity index (χ2n) is 38.6. The van der Waals surface area contributed by atoms with Gasteiger partial charge < -0.3 is 151 Å². The highest BCUT2D eigenvalue weighted by Gasteiger charge is 2.51. The Kier molecular flexibility index (Phi) is 40.5. The number of imidazole rings is 1. The summed E-state index contributed by atoms with van der Waals surface area (Å²) in [5.74, 6) is -17.0. The van der Waals surface area contributed by atoms with Crippen molar-refractivity contribution in [2.45, 2.75) is 267 Å². The van der Waals surface area contributed by atoms with Crippen molar-refractivity contribution in [2.75, 3.05) is 33.4 Å². The number of carbonyl (C=O) groups is 14. The summed E-state index contributed by atoms with van der Waals surface area (Å²) >= 11 is 0. The van der Waals surface area contributed by atoms with Crippen LogP contribution in [0.3, 0.4) is 0 Å². The van der Waals surface area contributed by atoms with Crippen LogP contribution >= 0.6 is 0 Å². The Morgan fingerprint density at radius 2 is 1.10 bits per heavy atom. The largest absolute Gasteiger partial charge is 0.508 e. The fourth-order valence-corrected chi connectivity index (χ4v) is 18.1. The molecule has 12 amide bonds. The van der Waals surface area contributed by atoms with E-state index in [1.807, 2.05) is 0 Å². The molecule has 0 radical (unpaired) electrons. The lowest BCUT2D eigenvalue weighted by molar-refractivity contribution is -0.245. The Balaban J connectivity index is 0.860. The third-order valence-corrected chi connectivity index (χ3v) is 25.8. The average molecular weight is 2050 g/mol. The van der Waals surface area contributed by atoms with Crippen LogP contribution in [-0.2, 0) is 104 Å². The van der Waals surface area contributed by atoms with Gasteiger partial charge in [0, 0.05) is 99.2 Å². The molecule has 30 N–H and O–H groups in total. The first kappa shape index (κ1) is 114.